The van der Waals surface area contributed by atoms with Gasteiger partial charge in [-0.05, 0) is 29.6 Å². The van der Waals surface area contributed by atoms with Gasteiger partial charge in [-0.3, -0.25) is 14.6 Å². The predicted octanol–water partition coefficient (Wildman–Crippen LogP) is 1.85. The first-order valence-corrected chi connectivity index (χ1v) is 5.89. The lowest BCUT2D eigenvalue weighted by Crippen LogP contribution is -2.10. The number of esters is 1. The molecule has 0 spiro atoms. The maximum atomic E-state index is 10.4. The van der Waals surface area contributed by atoms with Gasteiger partial charge in [-0.15, -0.1) is 11.3 Å². The summed E-state index contributed by atoms with van der Waals surface area (Å²) in [5.74, 6) is -0.708. The van der Waals surface area contributed by atoms with Gasteiger partial charge in [0.25, 0.3) is 0 Å². The molecule has 2 N–H and O–H groups in total. The summed E-state index contributed by atoms with van der Waals surface area (Å²) in [6.45, 7) is 1.39. The average molecular weight is 264 g/mol. The highest BCUT2D eigenvalue weighted by Crippen LogP contribution is 2.17. The van der Waals surface area contributed by atoms with Crippen LogP contribution in [-0.2, 0) is 4.79 Å². The Labute approximate surface area is 108 Å². The minimum Gasteiger partial charge on any atom is -0.416 e. The van der Waals surface area contributed by atoms with Crippen LogP contribution in [-0.4, -0.2) is 16.9 Å². The van der Waals surface area contributed by atoms with Gasteiger partial charge in [-0.2, -0.15) is 0 Å². The van der Waals surface area contributed by atoms with Crippen molar-refractivity contribution in [2.75, 3.05) is 0 Å². The quantitative estimate of drug-likeness (QED) is 0.839. The van der Waals surface area contributed by atoms with Crippen LogP contribution in [0.3, 0.4) is 0 Å². The molecule has 0 atom stereocenters. The molecule has 2 aromatic heterocycles. The minimum atomic E-state index is -0.442. The lowest BCUT2D eigenvalue weighted by molar-refractivity contribution is -0.131. The van der Waals surface area contributed by atoms with Crippen LogP contribution in [0.2, 0.25) is 0 Å². The Morgan fingerprint density at radius 3 is 2.50 bits per heavy atom. The van der Waals surface area contributed by atoms with E-state index in [2.05, 4.69) is 4.98 Å². The SMILES string of the molecule is CC(=O)Oc1cccs1.NC(=O)c1cccnc1. The third-order valence-corrected chi connectivity index (χ3v) is 2.43. The van der Waals surface area contributed by atoms with Crippen LogP contribution in [0.4, 0.5) is 0 Å². The van der Waals surface area contributed by atoms with Crippen molar-refractivity contribution < 1.29 is 14.3 Å². The van der Waals surface area contributed by atoms with Crippen molar-refractivity contribution >= 4 is 23.2 Å². The van der Waals surface area contributed by atoms with Crippen molar-refractivity contribution in [3.8, 4) is 5.06 Å². The van der Waals surface area contributed by atoms with Crippen molar-refractivity contribution in [3.63, 3.8) is 0 Å². The van der Waals surface area contributed by atoms with Gasteiger partial charge < -0.3 is 10.5 Å². The Morgan fingerprint density at radius 2 is 2.11 bits per heavy atom. The van der Waals surface area contributed by atoms with Crippen LogP contribution in [0.5, 0.6) is 5.06 Å². The Bertz CT molecular complexity index is 497. The second-order valence-electron chi connectivity index (χ2n) is 3.13. The van der Waals surface area contributed by atoms with Crippen LogP contribution in [0.25, 0.3) is 0 Å². The van der Waals surface area contributed by atoms with Crippen molar-refractivity contribution in [2.45, 2.75) is 6.92 Å². The number of hydrogen-bond donors (Lipinski definition) is 1. The summed E-state index contributed by atoms with van der Waals surface area (Å²) in [5.41, 5.74) is 5.38. The lowest BCUT2D eigenvalue weighted by atomic mass is 10.3. The first-order valence-electron chi connectivity index (χ1n) is 5.01. The molecule has 0 saturated heterocycles. The van der Waals surface area contributed by atoms with Gasteiger partial charge in [0.05, 0.1) is 5.56 Å². The number of ether oxygens (including phenoxy) is 1. The molecule has 0 saturated carbocycles. The highest BCUT2D eigenvalue weighted by molar-refractivity contribution is 7.11. The molecule has 18 heavy (non-hydrogen) atoms. The summed E-state index contributed by atoms with van der Waals surface area (Å²) in [7, 11) is 0. The van der Waals surface area contributed by atoms with E-state index in [1.165, 1.54) is 24.5 Å². The molecular weight excluding hydrogens is 252 g/mol. The Morgan fingerprint density at radius 1 is 1.33 bits per heavy atom. The standard InChI is InChI=1S/C6H6N2O.C6H6O2S/c7-6(9)5-2-1-3-8-4-5;1-5(7)8-6-3-2-4-9-6/h1-4H,(H2,7,9);2-4H,1H3. The molecule has 0 aliphatic heterocycles. The number of nitrogens with zero attached hydrogens (tertiary/aromatic N) is 1. The van der Waals surface area contributed by atoms with Crippen molar-refractivity contribution in [1.29, 1.82) is 0 Å². The molecule has 0 fully saturated rings. The van der Waals surface area contributed by atoms with Crippen LogP contribution < -0.4 is 10.5 Å². The van der Waals surface area contributed by atoms with Crippen molar-refractivity contribution in [1.82, 2.24) is 4.98 Å². The molecule has 5 nitrogen and oxygen atoms in total. The van der Waals surface area contributed by atoms with E-state index in [1.54, 1.807) is 24.4 Å². The maximum Gasteiger partial charge on any atom is 0.308 e. The topological polar surface area (TPSA) is 82.3 Å². The van der Waals surface area contributed by atoms with E-state index < -0.39 is 5.91 Å². The number of pyridine rings is 1. The molecule has 0 aliphatic carbocycles. The summed E-state index contributed by atoms with van der Waals surface area (Å²) < 4.78 is 4.73. The van der Waals surface area contributed by atoms with E-state index in [9.17, 15) is 9.59 Å². The van der Waals surface area contributed by atoms with Crippen LogP contribution >= 0.6 is 11.3 Å². The molecule has 0 bridgehead atoms. The van der Waals surface area contributed by atoms with Gasteiger partial charge in [-0.1, -0.05) is 0 Å². The fourth-order valence-electron chi connectivity index (χ4n) is 0.972. The molecule has 0 aromatic carbocycles. The number of nitrogens with two attached hydrogens (primary N) is 1. The Balaban J connectivity index is 0.000000180. The third kappa shape index (κ3) is 5.22. The number of amides is 1. The maximum absolute atomic E-state index is 10.4. The average Bonchev–Trinajstić information content (AvgIpc) is 2.83. The smallest absolute Gasteiger partial charge is 0.308 e. The molecule has 0 radical (unpaired) electrons. The van der Waals surface area contributed by atoms with Gasteiger partial charge >= 0.3 is 5.97 Å². The van der Waals surface area contributed by atoms with Gasteiger partial charge in [-0.25, -0.2) is 0 Å². The Kier molecular flexibility index (Phi) is 5.53. The molecule has 6 heteroatoms. The van der Waals surface area contributed by atoms with Crippen molar-refractivity contribution in [3.05, 3.63) is 47.6 Å². The van der Waals surface area contributed by atoms with Gasteiger partial charge in [0, 0.05) is 19.3 Å². The second kappa shape index (κ2) is 7.18. The molecule has 2 rings (SSSR count). The zero-order chi connectivity index (χ0) is 13.4. The first kappa shape index (κ1) is 13.9. The van der Waals surface area contributed by atoms with E-state index in [0.717, 1.165) is 0 Å². The summed E-state index contributed by atoms with van der Waals surface area (Å²) in [5, 5.41) is 2.51. The van der Waals surface area contributed by atoms with E-state index in [1.807, 2.05) is 11.4 Å². The summed E-state index contributed by atoms with van der Waals surface area (Å²) in [6, 6.07) is 6.88. The van der Waals surface area contributed by atoms with Crippen LogP contribution in [0, 0.1) is 0 Å². The Hall–Kier alpha value is -2.21. The third-order valence-electron chi connectivity index (χ3n) is 1.69. The highest BCUT2D eigenvalue weighted by atomic mass is 32.1. The zero-order valence-electron chi connectivity index (χ0n) is 9.70. The van der Waals surface area contributed by atoms with Gasteiger partial charge in [0.1, 0.15) is 0 Å². The second-order valence-corrected chi connectivity index (χ2v) is 4.04. The number of hydrogen-bond acceptors (Lipinski definition) is 5. The molecular formula is C12H12N2O3S. The number of aromatic nitrogens is 1. The number of primary amides is 1. The van der Waals surface area contributed by atoms with E-state index in [4.69, 9.17) is 10.5 Å². The lowest BCUT2D eigenvalue weighted by Gasteiger charge is -1.91. The summed E-state index contributed by atoms with van der Waals surface area (Å²) in [6.07, 6.45) is 3.02. The van der Waals surface area contributed by atoms with Crippen LogP contribution in [0.1, 0.15) is 17.3 Å². The fraction of sp³-hybridized carbons (Fsp3) is 0.0833. The number of carbonyl (C=O) groups is 2. The number of thiophene rings is 1. The van der Waals surface area contributed by atoms with Gasteiger partial charge in [0.2, 0.25) is 5.91 Å². The molecule has 2 aromatic rings. The molecule has 1 amide bonds. The van der Waals surface area contributed by atoms with Crippen LogP contribution in [0.15, 0.2) is 42.0 Å². The highest BCUT2D eigenvalue weighted by Gasteiger charge is 1.95. The molecule has 0 unspecified atom stereocenters. The van der Waals surface area contributed by atoms with E-state index in [-0.39, 0.29) is 5.97 Å². The predicted molar refractivity (Wildman–Crippen MR) is 68.4 cm³/mol. The summed E-state index contributed by atoms with van der Waals surface area (Å²) in [4.78, 5) is 24.4. The van der Waals surface area contributed by atoms with Gasteiger partial charge in [0.15, 0.2) is 5.06 Å². The molecule has 94 valence electrons. The minimum absolute atomic E-state index is 0.266. The molecule has 2 heterocycles. The van der Waals surface area contributed by atoms with Crippen molar-refractivity contribution in [2.24, 2.45) is 5.73 Å². The number of carbonyl (C=O) groups excluding carboxylic acids is 2. The summed E-state index contributed by atoms with van der Waals surface area (Å²) >= 11 is 1.41. The monoisotopic (exact) mass is 264 g/mol. The zero-order valence-corrected chi connectivity index (χ0v) is 10.5. The largest absolute Gasteiger partial charge is 0.416 e. The molecule has 0 aliphatic rings. The number of rotatable bonds is 2. The normalized spacial score (nSPS) is 8.94. The van der Waals surface area contributed by atoms with E-state index >= 15 is 0 Å². The fourth-order valence-corrected chi connectivity index (χ4v) is 1.59. The van der Waals surface area contributed by atoms with E-state index in [0.29, 0.717) is 10.6 Å². The first-order chi connectivity index (χ1) is 8.59.